The van der Waals surface area contributed by atoms with Crippen molar-refractivity contribution in [3.05, 3.63) is 65.8 Å². The van der Waals surface area contributed by atoms with Crippen LogP contribution in [0.1, 0.15) is 46.3 Å². The number of aromatic nitrogens is 5. The highest BCUT2D eigenvalue weighted by molar-refractivity contribution is 5.95. The number of amides is 1. The van der Waals surface area contributed by atoms with Crippen molar-refractivity contribution in [3.63, 3.8) is 0 Å². The maximum atomic E-state index is 13.0. The highest BCUT2D eigenvalue weighted by atomic mass is 16.2. The Labute approximate surface area is 158 Å². The Morgan fingerprint density at radius 3 is 2.89 bits per heavy atom. The minimum Gasteiger partial charge on any atom is -0.338 e. The summed E-state index contributed by atoms with van der Waals surface area (Å²) in [6, 6.07) is 5.94. The van der Waals surface area contributed by atoms with Crippen molar-refractivity contribution in [2.45, 2.75) is 32.2 Å². The second-order valence-electron chi connectivity index (χ2n) is 7.13. The molecule has 0 bridgehead atoms. The van der Waals surface area contributed by atoms with Crippen molar-refractivity contribution in [3.8, 4) is 0 Å². The van der Waals surface area contributed by atoms with Gasteiger partial charge in [0, 0.05) is 50.8 Å². The molecular formula is C20H24N6O. The number of pyridine rings is 1. The van der Waals surface area contributed by atoms with E-state index in [0.29, 0.717) is 18.7 Å². The zero-order valence-electron chi connectivity index (χ0n) is 15.7. The fraction of sp³-hybridized carbons (Fsp3) is 0.400. The molecule has 0 radical (unpaired) electrons. The minimum atomic E-state index is 0.0631. The molecule has 0 aromatic carbocycles. The van der Waals surface area contributed by atoms with E-state index in [4.69, 9.17) is 0 Å². The van der Waals surface area contributed by atoms with Crippen LogP contribution in [0.5, 0.6) is 0 Å². The Bertz CT molecular complexity index is 929. The molecule has 0 N–H and O–H groups in total. The molecule has 3 aromatic heterocycles. The van der Waals surface area contributed by atoms with Crippen molar-refractivity contribution in [1.82, 2.24) is 29.2 Å². The molecule has 7 nitrogen and oxygen atoms in total. The number of carbonyl (C=O) groups excluding carboxylic acids is 1. The fourth-order valence-electron chi connectivity index (χ4n) is 3.83. The van der Waals surface area contributed by atoms with Crippen LogP contribution in [0, 0.1) is 6.92 Å². The first-order valence-corrected chi connectivity index (χ1v) is 9.32. The molecule has 4 heterocycles. The molecule has 1 amide bonds. The van der Waals surface area contributed by atoms with Crippen LogP contribution in [0.4, 0.5) is 0 Å². The van der Waals surface area contributed by atoms with Crippen LogP contribution in [-0.4, -0.2) is 48.2 Å². The van der Waals surface area contributed by atoms with Gasteiger partial charge in [-0.25, -0.2) is 4.98 Å². The smallest absolute Gasteiger partial charge is 0.257 e. The number of piperidine rings is 1. The van der Waals surface area contributed by atoms with Gasteiger partial charge in [-0.3, -0.25) is 14.5 Å². The molecule has 3 aromatic rings. The van der Waals surface area contributed by atoms with Gasteiger partial charge in [0.15, 0.2) is 0 Å². The molecule has 1 saturated heterocycles. The predicted molar refractivity (Wildman–Crippen MR) is 101 cm³/mol. The van der Waals surface area contributed by atoms with Crippen molar-refractivity contribution < 1.29 is 4.79 Å². The number of hydrogen-bond acceptors (Lipinski definition) is 4. The summed E-state index contributed by atoms with van der Waals surface area (Å²) in [5.41, 5.74) is 2.47. The van der Waals surface area contributed by atoms with E-state index in [9.17, 15) is 4.79 Å². The van der Waals surface area contributed by atoms with Crippen molar-refractivity contribution in [2.75, 3.05) is 13.1 Å². The first kappa shape index (κ1) is 17.5. The number of rotatable bonds is 4. The third kappa shape index (κ3) is 3.63. The van der Waals surface area contributed by atoms with E-state index >= 15 is 0 Å². The summed E-state index contributed by atoms with van der Waals surface area (Å²) in [5.74, 6) is 1.33. The van der Waals surface area contributed by atoms with Gasteiger partial charge in [-0.1, -0.05) is 6.07 Å². The molecule has 1 aliphatic rings. The van der Waals surface area contributed by atoms with Crippen LogP contribution in [0.15, 0.2) is 43.0 Å². The van der Waals surface area contributed by atoms with Gasteiger partial charge < -0.3 is 9.47 Å². The summed E-state index contributed by atoms with van der Waals surface area (Å²) in [4.78, 5) is 23.9. The van der Waals surface area contributed by atoms with Crippen molar-refractivity contribution >= 4 is 5.91 Å². The molecule has 1 aliphatic heterocycles. The highest BCUT2D eigenvalue weighted by Crippen LogP contribution is 2.27. The standard InChI is InChI=1S/C20H24N6O/c1-15-18(14-24(2)23-15)20(27)26-10-5-6-16(12-26)19-22-9-11-25(19)13-17-7-3-4-8-21-17/h3-4,7-9,11,14,16H,5-6,10,12-13H2,1-2H3/t16-/m0/s1. The van der Waals surface area contributed by atoms with Gasteiger partial charge >= 0.3 is 0 Å². The summed E-state index contributed by atoms with van der Waals surface area (Å²) in [6.45, 7) is 4.05. The Kier molecular flexibility index (Phi) is 4.75. The average Bonchev–Trinajstić information content (AvgIpc) is 3.28. The highest BCUT2D eigenvalue weighted by Gasteiger charge is 2.29. The van der Waals surface area contributed by atoms with Gasteiger partial charge in [-0.15, -0.1) is 0 Å². The largest absolute Gasteiger partial charge is 0.338 e. The lowest BCUT2D eigenvalue weighted by molar-refractivity contribution is 0.0702. The zero-order chi connectivity index (χ0) is 18.8. The zero-order valence-corrected chi connectivity index (χ0v) is 15.7. The molecule has 27 heavy (non-hydrogen) atoms. The summed E-state index contributed by atoms with van der Waals surface area (Å²) < 4.78 is 3.85. The van der Waals surface area contributed by atoms with E-state index in [-0.39, 0.29) is 11.8 Å². The minimum absolute atomic E-state index is 0.0631. The SMILES string of the molecule is Cc1nn(C)cc1C(=O)N1CCC[C@H](c2nccn2Cc2ccccn2)C1. The maximum absolute atomic E-state index is 13.0. The normalized spacial score (nSPS) is 17.3. The van der Waals surface area contributed by atoms with Gasteiger partial charge in [0.1, 0.15) is 5.82 Å². The summed E-state index contributed by atoms with van der Waals surface area (Å²) in [7, 11) is 1.84. The van der Waals surface area contributed by atoms with E-state index in [1.165, 1.54) is 0 Å². The van der Waals surface area contributed by atoms with E-state index in [1.54, 1.807) is 4.68 Å². The van der Waals surface area contributed by atoms with Gasteiger partial charge in [-0.2, -0.15) is 5.10 Å². The third-order valence-electron chi connectivity index (χ3n) is 5.12. The van der Waals surface area contributed by atoms with Gasteiger partial charge in [0.2, 0.25) is 0 Å². The lowest BCUT2D eigenvalue weighted by Gasteiger charge is -2.32. The number of carbonyl (C=O) groups is 1. The third-order valence-corrected chi connectivity index (χ3v) is 5.12. The Morgan fingerprint density at radius 2 is 2.15 bits per heavy atom. The number of nitrogens with zero attached hydrogens (tertiary/aromatic N) is 6. The van der Waals surface area contributed by atoms with Crippen LogP contribution in [0.3, 0.4) is 0 Å². The lowest BCUT2D eigenvalue weighted by atomic mass is 9.96. The molecule has 1 fully saturated rings. The number of hydrogen-bond donors (Lipinski definition) is 0. The van der Waals surface area contributed by atoms with Crippen molar-refractivity contribution in [2.24, 2.45) is 7.05 Å². The fourth-order valence-corrected chi connectivity index (χ4v) is 3.83. The Hall–Kier alpha value is -2.96. The second kappa shape index (κ2) is 7.34. The van der Waals surface area contributed by atoms with Crippen LogP contribution in [-0.2, 0) is 13.6 Å². The first-order valence-electron chi connectivity index (χ1n) is 9.32. The number of imidazole rings is 1. The van der Waals surface area contributed by atoms with E-state index in [1.807, 2.05) is 61.9 Å². The summed E-state index contributed by atoms with van der Waals surface area (Å²) in [5, 5.41) is 4.30. The monoisotopic (exact) mass is 364 g/mol. The van der Waals surface area contributed by atoms with Crippen LogP contribution in [0.2, 0.25) is 0 Å². The summed E-state index contributed by atoms with van der Waals surface area (Å²) >= 11 is 0. The van der Waals surface area contributed by atoms with Crippen LogP contribution >= 0.6 is 0 Å². The molecule has 0 spiro atoms. The molecule has 4 rings (SSSR count). The lowest BCUT2D eigenvalue weighted by Crippen LogP contribution is -2.40. The molecule has 1 atom stereocenters. The maximum Gasteiger partial charge on any atom is 0.257 e. The number of aryl methyl sites for hydroxylation is 2. The summed E-state index contributed by atoms with van der Waals surface area (Å²) in [6.07, 6.45) is 9.47. The van der Waals surface area contributed by atoms with Crippen LogP contribution in [0.25, 0.3) is 0 Å². The first-order chi connectivity index (χ1) is 13.1. The Balaban J connectivity index is 1.51. The van der Waals surface area contributed by atoms with E-state index in [0.717, 1.165) is 36.6 Å². The predicted octanol–water partition coefficient (Wildman–Crippen LogP) is 2.39. The van der Waals surface area contributed by atoms with Gasteiger partial charge in [-0.05, 0) is 31.9 Å². The molecule has 7 heteroatoms. The molecule has 0 aliphatic carbocycles. The van der Waals surface area contributed by atoms with Gasteiger partial charge in [0.25, 0.3) is 5.91 Å². The van der Waals surface area contributed by atoms with Crippen LogP contribution < -0.4 is 0 Å². The van der Waals surface area contributed by atoms with E-state index < -0.39 is 0 Å². The molecule has 0 unspecified atom stereocenters. The van der Waals surface area contributed by atoms with E-state index in [2.05, 4.69) is 19.6 Å². The van der Waals surface area contributed by atoms with Gasteiger partial charge in [0.05, 0.1) is 23.5 Å². The molecular weight excluding hydrogens is 340 g/mol. The molecule has 0 saturated carbocycles. The molecule has 140 valence electrons. The average molecular weight is 364 g/mol. The Morgan fingerprint density at radius 1 is 1.26 bits per heavy atom. The quantitative estimate of drug-likeness (QED) is 0.713. The topological polar surface area (TPSA) is 68.8 Å². The number of likely N-dealkylation sites (tertiary alicyclic amines) is 1. The van der Waals surface area contributed by atoms with Crippen molar-refractivity contribution in [1.29, 1.82) is 0 Å². The second-order valence-corrected chi connectivity index (χ2v) is 7.13.